The van der Waals surface area contributed by atoms with E-state index < -0.39 is 0 Å². The predicted octanol–water partition coefficient (Wildman–Crippen LogP) is 3.85. The van der Waals surface area contributed by atoms with Crippen LogP contribution >= 0.6 is 0 Å². The van der Waals surface area contributed by atoms with Gasteiger partial charge in [0.15, 0.2) is 0 Å². The minimum absolute atomic E-state index is 0.750. The first-order chi connectivity index (χ1) is 9.88. The number of nitrogens with one attached hydrogen (secondary N) is 1. The molecule has 20 heavy (non-hydrogen) atoms. The highest BCUT2D eigenvalue weighted by Gasteiger charge is 1.93. The minimum atomic E-state index is 0.750. The highest BCUT2D eigenvalue weighted by atomic mass is 16.5. The Morgan fingerprint density at radius 3 is 2.20 bits per heavy atom. The molecule has 0 amide bonds. The van der Waals surface area contributed by atoms with E-state index in [-0.39, 0.29) is 0 Å². The van der Waals surface area contributed by atoms with E-state index in [0.29, 0.717) is 0 Å². The second-order valence-electron chi connectivity index (χ2n) is 4.62. The zero-order chi connectivity index (χ0) is 14.0. The summed E-state index contributed by atoms with van der Waals surface area (Å²) < 4.78 is 5.66. The summed E-state index contributed by atoms with van der Waals surface area (Å²) in [6.07, 6.45) is 5.25. The highest BCUT2D eigenvalue weighted by molar-refractivity contribution is 5.69. The van der Waals surface area contributed by atoms with Gasteiger partial charge in [0.1, 0.15) is 5.75 Å². The average molecular weight is 267 g/mol. The molecule has 2 aromatic rings. The van der Waals surface area contributed by atoms with Crippen LogP contribution in [0.15, 0.2) is 54.6 Å². The number of hydrogen-bond donors (Lipinski definition) is 1. The molecule has 1 N–H and O–H groups in total. The standard InChI is InChI=1S/C18H21NO/c1-19-14-5-15-20-18-12-10-17(11-13-18)9-8-16-6-3-2-4-7-16/h2-4,6-13,19H,5,14-15H2,1H3/b9-8+. The number of rotatable bonds is 7. The molecule has 0 aromatic heterocycles. The first-order valence-corrected chi connectivity index (χ1v) is 6.99. The fourth-order valence-electron chi connectivity index (χ4n) is 1.87. The molecule has 0 unspecified atom stereocenters. The Morgan fingerprint density at radius 1 is 0.900 bits per heavy atom. The monoisotopic (exact) mass is 267 g/mol. The Kier molecular flexibility index (Phi) is 5.87. The molecule has 0 saturated heterocycles. The first-order valence-electron chi connectivity index (χ1n) is 6.99. The smallest absolute Gasteiger partial charge is 0.119 e. The van der Waals surface area contributed by atoms with Crippen LogP contribution in [0.2, 0.25) is 0 Å². The molecule has 0 bridgehead atoms. The largest absolute Gasteiger partial charge is 0.494 e. The summed E-state index contributed by atoms with van der Waals surface area (Å²) in [5.41, 5.74) is 2.39. The Labute approximate surface area is 121 Å². The molecule has 2 nitrogen and oxygen atoms in total. The number of benzene rings is 2. The van der Waals surface area contributed by atoms with Crippen LogP contribution in [-0.2, 0) is 0 Å². The molecule has 0 atom stereocenters. The van der Waals surface area contributed by atoms with E-state index in [1.54, 1.807) is 0 Å². The van der Waals surface area contributed by atoms with E-state index in [4.69, 9.17) is 4.74 Å². The molecule has 2 aromatic carbocycles. The maximum atomic E-state index is 5.66. The van der Waals surface area contributed by atoms with Crippen molar-refractivity contribution in [1.29, 1.82) is 0 Å². The lowest BCUT2D eigenvalue weighted by Crippen LogP contribution is -2.11. The van der Waals surface area contributed by atoms with Gasteiger partial charge < -0.3 is 10.1 Å². The molecular weight excluding hydrogens is 246 g/mol. The van der Waals surface area contributed by atoms with E-state index >= 15 is 0 Å². The third kappa shape index (κ3) is 4.90. The summed E-state index contributed by atoms with van der Waals surface area (Å²) in [6, 6.07) is 18.5. The van der Waals surface area contributed by atoms with Gasteiger partial charge in [0.2, 0.25) is 0 Å². The minimum Gasteiger partial charge on any atom is -0.494 e. The number of hydrogen-bond acceptors (Lipinski definition) is 2. The normalized spacial score (nSPS) is 10.8. The van der Waals surface area contributed by atoms with Crippen molar-refractivity contribution in [3.8, 4) is 5.75 Å². The van der Waals surface area contributed by atoms with Crippen LogP contribution in [0.3, 0.4) is 0 Å². The van der Waals surface area contributed by atoms with E-state index in [1.807, 2.05) is 37.4 Å². The SMILES string of the molecule is CNCCCOc1ccc(/C=C/c2ccccc2)cc1. The van der Waals surface area contributed by atoms with Crippen molar-refractivity contribution in [3.05, 3.63) is 65.7 Å². The molecule has 0 fully saturated rings. The predicted molar refractivity (Wildman–Crippen MR) is 85.9 cm³/mol. The third-order valence-corrected chi connectivity index (χ3v) is 2.99. The molecule has 0 spiro atoms. The van der Waals surface area contributed by atoms with Gasteiger partial charge in [-0.05, 0) is 43.3 Å². The molecule has 0 aliphatic rings. The maximum Gasteiger partial charge on any atom is 0.119 e. The summed E-state index contributed by atoms with van der Waals surface area (Å²) in [4.78, 5) is 0. The maximum absolute atomic E-state index is 5.66. The molecule has 0 aliphatic heterocycles. The van der Waals surface area contributed by atoms with Crippen LogP contribution in [0.25, 0.3) is 12.2 Å². The molecule has 0 saturated carbocycles. The van der Waals surface area contributed by atoms with Crippen LogP contribution in [0.4, 0.5) is 0 Å². The van der Waals surface area contributed by atoms with Gasteiger partial charge in [-0.3, -0.25) is 0 Å². The van der Waals surface area contributed by atoms with Gasteiger partial charge in [-0.2, -0.15) is 0 Å². The zero-order valence-corrected chi connectivity index (χ0v) is 11.9. The van der Waals surface area contributed by atoms with Crippen molar-refractivity contribution in [2.75, 3.05) is 20.2 Å². The summed E-state index contributed by atoms with van der Waals surface area (Å²) in [5, 5.41) is 3.11. The molecule has 104 valence electrons. The second kappa shape index (κ2) is 8.18. The third-order valence-electron chi connectivity index (χ3n) is 2.99. The lowest BCUT2D eigenvalue weighted by Gasteiger charge is -2.05. The summed E-state index contributed by atoms with van der Waals surface area (Å²) >= 11 is 0. The summed E-state index contributed by atoms with van der Waals surface area (Å²) in [7, 11) is 1.95. The highest BCUT2D eigenvalue weighted by Crippen LogP contribution is 2.14. The van der Waals surface area contributed by atoms with Gasteiger partial charge in [-0.15, -0.1) is 0 Å². The average Bonchev–Trinajstić information content (AvgIpc) is 2.52. The number of ether oxygens (including phenoxy) is 1. The van der Waals surface area contributed by atoms with E-state index in [9.17, 15) is 0 Å². The lowest BCUT2D eigenvalue weighted by atomic mass is 10.1. The van der Waals surface area contributed by atoms with Crippen molar-refractivity contribution in [1.82, 2.24) is 5.32 Å². The quantitative estimate of drug-likeness (QED) is 0.608. The second-order valence-corrected chi connectivity index (χ2v) is 4.62. The first kappa shape index (κ1) is 14.4. The molecule has 2 heteroatoms. The fraction of sp³-hybridized carbons (Fsp3) is 0.222. The van der Waals surface area contributed by atoms with E-state index in [2.05, 4.69) is 41.7 Å². The van der Waals surface area contributed by atoms with Gasteiger partial charge in [-0.25, -0.2) is 0 Å². The van der Waals surface area contributed by atoms with Crippen molar-refractivity contribution >= 4 is 12.2 Å². The van der Waals surface area contributed by atoms with Gasteiger partial charge in [0.25, 0.3) is 0 Å². The Morgan fingerprint density at radius 2 is 1.55 bits per heavy atom. The van der Waals surface area contributed by atoms with Crippen LogP contribution in [0.1, 0.15) is 17.5 Å². The fourth-order valence-corrected chi connectivity index (χ4v) is 1.87. The Hall–Kier alpha value is -2.06. The van der Waals surface area contributed by atoms with Crippen molar-refractivity contribution < 1.29 is 4.74 Å². The van der Waals surface area contributed by atoms with Crippen LogP contribution < -0.4 is 10.1 Å². The molecule has 2 rings (SSSR count). The summed E-state index contributed by atoms with van der Waals surface area (Å²) in [6.45, 7) is 1.73. The van der Waals surface area contributed by atoms with Gasteiger partial charge in [0.05, 0.1) is 6.61 Å². The molecule has 0 heterocycles. The molecule has 0 radical (unpaired) electrons. The molecular formula is C18H21NO. The topological polar surface area (TPSA) is 21.3 Å². The van der Waals surface area contributed by atoms with Crippen molar-refractivity contribution in [2.45, 2.75) is 6.42 Å². The Bertz CT molecular complexity index is 517. The van der Waals surface area contributed by atoms with Crippen molar-refractivity contribution in [3.63, 3.8) is 0 Å². The van der Waals surface area contributed by atoms with Gasteiger partial charge in [0, 0.05) is 0 Å². The van der Waals surface area contributed by atoms with Crippen LogP contribution in [0, 0.1) is 0 Å². The van der Waals surface area contributed by atoms with Gasteiger partial charge >= 0.3 is 0 Å². The van der Waals surface area contributed by atoms with Gasteiger partial charge in [-0.1, -0.05) is 54.6 Å². The van der Waals surface area contributed by atoms with Crippen LogP contribution in [-0.4, -0.2) is 20.2 Å². The van der Waals surface area contributed by atoms with E-state index in [0.717, 1.165) is 25.3 Å². The van der Waals surface area contributed by atoms with Crippen LogP contribution in [0.5, 0.6) is 5.75 Å². The van der Waals surface area contributed by atoms with Crippen molar-refractivity contribution in [2.24, 2.45) is 0 Å². The van der Waals surface area contributed by atoms with E-state index in [1.165, 1.54) is 11.1 Å². The lowest BCUT2D eigenvalue weighted by molar-refractivity contribution is 0.310. The summed E-state index contributed by atoms with van der Waals surface area (Å²) in [5.74, 6) is 0.929. The molecule has 0 aliphatic carbocycles. The zero-order valence-electron chi connectivity index (χ0n) is 11.9. The Balaban J connectivity index is 1.87.